The van der Waals surface area contributed by atoms with Gasteiger partial charge in [-0.05, 0) is 87.8 Å². The van der Waals surface area contributed by atoms with Crippen LogP contribution < -0.4 is 10.2 Å². The standard InChI is InChI=1S/C26H33ClN4O2S/c27-19-7-5-17(6-8-19)18-14-20-9-10-21(15-18)31(20)25-28-22-4-1-2-13-34(33)23(22)24(29-25)30-26(16-32)11-3-12-26/h5-8,18,20-21,32H,1-4,9-16H2,(H,28,29,30)/t18?,20?,21?,34-/m0/s1. The summed E-state index contributed by atoms with van der Waals surface area (Å²) in [5.41, 5.74) is 1.97. The number of halogens is 1. The monoisotopic (exact) mass is 500 g/mol. The van der Waals surface area contributed by atoms with Crippen LogP contribution in [0.1, 0.15) is 75.0 Å². The Bertz CT molecular complexity index is 1070. The van der Waals surface area contributed by atoms with Crippen LogP contribution in [0.4, 0.5) is 11.8 Å². The molecule has 1 saturated carbocycles. The Morgan fingerprint density at radius 2 is 1.82 bits per heavy atom. The van der Waals surface area contributed by atoms with Crippen LogP contribution in [0.15, 0.2) is 29.2 Å². The van der Waals surface area contributed by atoms with E-state index in [1.165, 1.54) is 5.56 Å². The van der Waals surface area contributed by atoms with Crippen LogP contribution in [0, 0.1) is 0 Å². The molecule has 2 saturated heterocycles. The van der Waals surface area contributed by atoms with E-state index in [4.69, 9.17) is 21.6 Å². The number of piperidine rings is 1. The van der Waals surface area contributed by atoms with Gasteiger partial charge >= 0.3 is 0 Å². The summed E-state index contributed by atoms with van der Waals surface area (Å²) in [6.07, 6.45) is 10.2. The number of aromatic nitrogens is 2. The second-order valence-corrected chi connectivity index (χ2v) is 12.5. The first-order valence-electron chi connectivity index (χ1n) is 12.8. The van der Waals surface area contributed by atoms with E-state index in [2.05, 4.69) is 22.3 Å². The van der Waals surface area contributed by atoms with Gasteiger partial charge in [-0.15, -0.1) is 0 Å². The number of fused-ring (bicyclic) bond motifs is 3. The molecular formula is C26H33ClN4O2S. The summed E-state index contributed by atoms with van der Waals surface area (Å²) in [6.45, 7) is 0.0749. The van der Waals surface area contributed by atoms with Gasteiger partial charge in [0.25, 0.3) is 0 Å². The van der Waals surface area contributed by atoms with Gasteiger partial charge < -0.3 is 15.3 Å². The summed E-state index contributed by atoms with van der Waals surface area (Å²) in [5.74, 6) is 2.68. The highest BCUT2D eigenvalue weighted by Gasteiger charge is 2.44. The van der Waals surface area contributed by atoms with Crippen LogP contribution in [0.25, 0.3) is 0 Å². The van der Waals surface area contributed by atoms with Crippen molar-refractivity contribution in [1.82, 2.24) is 9.97 Å². The minimum absolute atomic E-state index is 0.0749. The van der Waals surface area contributed by atoms with Crippen molar-refractivity contribution in [1.29, 1.82) is 0 Å². The molecule has 0 radical (unpaired) electrons. The Kier molecular flexibility index (Phi) is 6.06. The van der Waals surface area contributed by atoms with Gasteiger partial charge in [0.2, 0.25) is 5.95 Å². The molecule has 2 N–H and O–H groups in total. The molecule has 6 nitrogen and oxygen atoms in total. The molecule has 4 aliphatic rings. The fraction of sp³-hybridized carbons (Fsp3) is 0.615. The molecule has 6 rings (SSSR count). The van der Waals surface area contributed by atoms with Gasteiger partial charge in [-0.2, -0.15) is 4.98 Å². The molecule has 3 fully saturated rings. The quantitative estimate of drug-likeness (QED) is 0.613. The van der Waals surface area contributed by atoms with Crippen LogP contribution in [-0.4, -0.2) is 49.3 Å². The smallest absolute Gasteiger partial charge is 0.228 e. The predicted molar refractivity (Wildman–Crippen MR) is 136 cm³/mol. The SMILES string of the molecule is O=[S@]1CCCCc2nc(N3C4CCC3CC(c3ccc(Cl)cc3)C4)nc(NC3(CO)CCC3)c21. The van der Waals surface area contributed by atoms with Crippen molar-refractivity contribution in [3.63, 3.8) is 0 Å². The van der Waals surface area contributed by atoms with Crippen molar-refractivity contribution in [2.24, 2.45) is 0 Å². The number of hydrogen-bond acceptors (Lipinski definition) is 6. The Morgan fingerprint density at radius 3 is 2.47 bits per heavy atom. The summed E-state index contributed by atoms with van der Waals surface area (Å²) in [5, 5.41) is 14.4. The molecule has 8 heteroatoms. The van der Waals surface area contributed by atoms with Gasteiger partial charge in [-0.25, -0.2) is 4.98 Å². The Morgan fingerprint density at radius 1 is 1.09 bits per heavy atom. The van der Waals surface area contributed by atoms with E-state index >= 15 is 0 Å². The van der Waals surface area contributed by atoms with Gasteiger partial charge in [0, 0.05) is 22.9 Å². The lowest BCUT2D eigenvalue weighted by molar-refractivity contribution is 0.143. The maximum atomic E-state index is 13.2. The van der Waals surface area contributed by atoms with E-state index in [-0.39, 0.29) is 12.1 Å². The van der Waals surface area contributed by atoms with Crippen molar-refractivity contribution in [3.05, 3.63) is 40.5 Å². The molecule has 34 heavy (non-hydrogen) atoms. The molecule has 3 aliphatic heterocycles. The summed E-state index contributed by atoms with van der Waals surface area (Å²) in [6, 6.07) is 9.16. The van der Waals surface area contributed by atoms with Gasteiger partial charge in [0.05, 0.1) is 28.6 Å². The number of aryl methyl sites for hydroxylation is 1. The second-order valence-electron chi connectivity index (χ2n) is 10.6. The first-order valence-corrected chi connectivity index (χ1v) is 14.5. The normalized spacial score (nSPS) is 29.8. The molecule has 182 valence electrons. The average molecular weight is 501 g/mol. The summed E-state index contributed by atoms with van der Waals surface area (Å²) >= 11 is 6.12. The van der Waals surface area contributed by atoms with Crippen molar-refractivity contribution in [2.75, 3.05) is 22.6 Å². The van der Waals surface area contributed by atoms with Gasteiger partial charge in [-0.1, -0.05) is 23.7 Å². The zero-order valence-electron chi connectivity index (χ0n) is 19.5. The van der Waals surface area contributed by atoms with E-state index < -0.39 is 10.8 Å². The molecule has 1 aromatic heterocycles. The molecule has 2 unspecified atom stereocenters. The third-order valence-corrected chi connectivity index (χ3v) is 10.2. The zero-order valence-corrected chi connectivity index (χ0v) is 21.1. The van der Waals surface area contributed by atoms with Crippen LogP contribution in [0.2, 0.25) is 5.02 Å². The lowest BCUT2D eigenvalue weighted by Crippen LogP contribution is -2.49. The summed E-state index contributed by atoms with van der Waals surface area (Å²) in [4.78, 5) is 13.3. The molecule has 0 spiro atoms. The van der Waals surface area contributed by atoms with Crippen LogP contribution in [0.3, 0.4) is 0 Å². The predicted octanol–water partition coefficient (Wildman–Crippen LogP) is 4.82. The van der Waals surface area contributed by atoms with E-state index in [1.54, 1.807) is 0 Å². The third-order valence-electron chi connectivity index (χ3n) is 8.45. The molecule has 3 atom stereocenters. The Hall–Kier alpha value is -1.70. The fourth-order valence-corrected chi connectivity index (χ4v) is 7.93. The summed E-state index contributed by atoms with van der Waals surface area (Å²) < 4.78 is 13.2. The largest absolute Gasteiger partial charge is 0.394 e. The number of nitrogens with one attached hydrogen (secondary N) is 1. The topological polar surface area (TPSA) is 78.4 Å². The van der Waals surface area contributed by atoms with Crippen molar-refractivity contribution in [3.8, 4) is 0 Å². The molecule has 0 amide bonds. The van der Waals surface area contributed by atoms with E-state index in [1.807, 2.05) is 12.1 Å². The maximum absolute atomic E-state index is 13.2. The Labute approximate surface area is 209 Å². The average Bonchev–Trinajstić information content (AvgIpc) is 2.96. The van der Waals surface area contributed by atoms with Crippen molar-refractivity contribution < 1.29 is 9.32 Å². The highest BCUT2D eigenvalue weighted by Crippen LogP contribution is 2.46. The van der Waals surface area contributed by atoms with E-state index in [0.717, 1.165) is 85.8 Å². The number of anilines is 2. The Balaban J connectivity index is 1.34. The molecule has 2 bridgehead atoms. The first-order chi connectivity index (χ1) is 16.5. The van der Waals surface area contributed by atoms with Crippen LogP contribution in [-0.2, 0) is 17.2 Å². The van der Waals surface area contributed by atoms with Crippen molar-refractivity contribution >= 4 is 34.2 Å². The van der Waals surface area contributed by atoms with Gasteiger partial charge in [0.1, 0.15) is 10.7 Å². The first kappa shape index (κ1) is 22.7. The molecule has 1 aromatic carbocycles. The number of hydrogen-bond donors (Lipinski definition) is 2. The number of nitrogens with zero attached hydrogens (tertiary/aromatic N) is 3. The number of aliphatic hydroxyl groups excluding tert-OH is 1. The van der Waals surface area contributed by atoms with Crippen LogP contribution >= 0.6 is 11.6 Å². The highest BCUT2D eigenvalue weighted by atomic mass is 35.5. The molecule has 2 aromatic rings. The molecule has 1 aliphatic carbocycles. The lowest BCUT2D eigenvalue weighted by atomic mass is 9.77. The summed E-state index contributed by atoms with van der Waals surface area (Å²) in [7, 11) is -1.10. The third kappa shape index (κ3) is 4.03. The van der Waals surface area contributed by atoms with Crippen molar-refractivity contribution in [2.45, 2.75) is 92.6 Å². The molecule has 4 heterocycles. The number of aliphatic hydroxyl groups is 1. The van der Waals surface area contributed by atoms with Gasteiger partial charge in [-0.3, -0.25) is 4.21 Å². The number of rotatable bonds is 5. The molecular weight excluding hydrogens is 468 g/mol. The minimum Gasteiger partial charge on any atom is -0.394 e. The maximum Gasteiger partial charge on any atom is 0.228 e. The minimum atomic E-state index is -1.10. The highest BCUT2D eigenvalue weighted by molar-refractivity contribution is 7.85. The van der Waals surface area contributed by atoms with E-state index in [0.29, 0.717) is 29.6 Å². The lowest BCUT2D eigenvalue weighted by Gasteiger charge is -2.42. The van der Waals surface area contributed by atoms with E-state index in [9.17, 15) is 9.32 Å². The second kappa shape index (κ2) is 9.07. The van der Waals surface area contributed by atoms with Gasteiger partial charge in [0.15, 0.2) is 0 Å². The fourth-order valence-electron chi connectivity index (χ4n) is 6.41. The zero-order chi connectivity index (χ0) is 23.3. The number of benzene rings is 1. The van der Waals surface area contributed by atoms with Crippen LogP contribution in [0.5, 0.6) is 0 Å².